The highest BCUT2D eigenvalue weighted by atomic mass is 16.5. The van der Waals surface area contributed by atoms with E-state index >= 15 is 0 Å². The summed E-state index contributed by atoms with van der Waals surface area (Å²) >= 11 is 0. The van der Waals surface area contributed by atoms with Gasteiger partial charge >= 0.3 is 5.97 Å². The summed E-state index contributed by atoms with van der Waals surface area (Å²) in [7, 11) is 1.31. The van der Waals surface area contributed by atoms with Crippen LogP contribution in [0.3, 0.4) is 0 Å². The summed E-state index contributed by atoms with van der Waals surface area (Å²) < 4.78 is 4.68. The van der Waals surface area contributed by atoms with E-state index in [1.165, 1.54) is 7.11 Å². The van der Waals surface area contributed by atoms with Crippen molar-refractivity contribution in [1.29, 1.82) is 0 Å². The van der Waals surface area contributed by atoms with Crippen molar-refractivity contribution in [2.45, 2.75) is 46.6 Å². The SMILES string of the molecule is COC(=O)c1ccc(C(=O)C2CCC3=C(N=C(C(C)C)C(C(C)C)N3)C2=O)cc1. The third-order valence-corrected chi connectivity index (χ3v) is 5.57. The lowest BCUT2D eigenvalue weighted by Crippen LogP contribution is -2.48. The number of carbonyl (C=O) groups is 3. The van der Waals surface area contributed by atoms with Gasteiger partial charge in [-0.05, 0) is 36.8 Å². The summed E-state index contributed by atoms with van der Waals surface area (Å²) in [5, 5.41) is 3.51. The number of ketones is 2. The van der Waals surface area contributed by atoms with Crippen LogP contribution in [0.2, 0.25) is 0 Å². The Labute approximate surface area is 171 Å². The van der Waals surface area contributed by atoms with Gasteiger partial charge in [-0.1, -0.05) is 39.8 Å². The van der Waals surface area contributed by atoms with Crippen molar-refractivity contribution in [3.05, 3.63) is 46.8 Å². The predicted molar refractivity (Wildman–Crippen MR) is 111 cm³/mol. The van der Waals surface area contributed by atoms with E-state index in [1.807, 2.05) is 0 Å². The molecule has 2 atom stereocenters. The summed E-state index contributed by atoms with van der Waals surface area (Å²) in [4.78, 5) is 42.4. The number of nitrogens with one attached hydrogen (secondary N) is 1. The number of benzene rings is 1. The molecule has 1 heterocycles. The fourth-order valence-electron chi connectivity index (χ4n) is 3.91. The first-order valence-corrected chi connectivity index (χ1v) is 10.1. The first-order chi connectivity index (χ1) is 13.7. The normalized spacial score (nSPS) is 21.6. The zero-order chi connectivity index (χ0) is 21.3. The molecule has 1 N–H and O–H groups in total. The molecule has 2 unspecified atom stereocenters. The molecule has 0 spiro atoms. The van der Waals surface area contributed by atoms with Crippen molar-refractivity contribution in [2.75, 3.05) is 7.11 Å². The Balaban J connectivity index is 1.85. The van der Waals surface area contributed by atoms with E-state index in [-0.39, 0.29) is 23.5 Å². The average Bonchev–Trinajstić information content (AvgIpc) is 2.72. The molecule has 6 nitrogen and oxygen atoms in total. The van der Waals surface area contributed by atoms with Crippen molar-refractivity contribution in [2.24, 2.45) is 22.7 Å². The van der Waals surface area contributed by atoms with Crippen molar-refractivity contribution in [3.63, 3.8) is 0 Å². The van der Waals surface area contributed by atoms with E-state index in [0.717, 1.165) is 11.4 Å². The molecule has 0 fully saturated rings. The smallest absolute Gasteiger partial charge is 0.337 e. The summed E-state index contributed by atoms with van der Waals surface area (Å²) in [6, 6.07) is 6.34. The van der Waals surface area contributed by atoms with E-state index < -0.39 is 11.9 Å². The van der Waals surface area contributed by atoms with Gasteiger partial charge in [0.25, 0.3) is 0 Å². The molecule has 1 aliphatic heterocycles. The zero-order valence-corrected chi connectivity index (χ0v) is 17.6. The second-order valence-electron chi connectivity index (χ2n) is 8.27. The molecule has 0 amide bonds. The lowest BCUT2D eigenvalue weighted by molar-refractivity contribution is -0.118. The minimum atomic E-state index is -0.743. The molecule has 0 saturated heterocycles. The number of Topliss-reactive ketones (excluding diaryl/α,β-unsaturated/α-hetero) is 2. The highest BCUT2D eigenvalue weighted by molar-refractivity contribution is 6.17. The first-order valence-electron chi connectivity index (χ1n) is 10.1. The lowest BCUT2D eigenvalue weighted by Gasteiger charge is -2.36. The molecular weight excluding hydrogens is 368 g/mol. The van der Waals surface area contributed by atoms with E-state index in [4.69, 9.17) is 4.99 Å². The Bertz CT molecular complexity index is 894. The molecular formula is C23H28N2O4. The molecule has 154 valence electrons. The van der Waals surface area contributed by atoms with Crippen LogP contribution in [0, 0.1) is 17.8 Å². The number of hydrogen-bond donors (Lipinski definition) is 1. The molecule has 1 aromatic rings. The molecule has 6 heteroatoms. The predicted octanol–water partition coefficient (Wildman–Crippen LogP) is 3.57. The van der Waals surface area contributed by atoms with Gasteiger partial charge in [0, 0.05) is 17.0 Å². The largest absolute Gasteiger partial charge is 0.465 e. The molecule has 1 aromatic carbocycles. The van der Waals surface area contributed by atoms with Gasteiger partial charge in [0.05, 0.1) is 24.6 Å². The minimum absolute atomic E-state index is 0.111. The zero-order valence-electron chi connectivity index (χ0n) is 17.6. The number of methoxy groups -OCH3 is 1. The van der Waals surface area contributed by atoms with E-state index in [2.05, 4.69) is 37.7 Å². The van der Waals surface area contributed by atoms with Crippen LogP contribution in [-0.2, 0) is 9.53 Å². The molecule has 2 aliphatic rings. The number of rotatable bonds is 5. The quantitative estimate of drug-likeness (QED) is 0.467. The molecule has 0 radical (unpaired) electrons. The van der Waals surface area contributed by atoms with Crippen LogP contribution in [-0.4, -0.2) is 36.4 Å². The Morgan fingerprint density at radius 3 is 2.28 bits per heavy atom. The molecule has 29 heavy (non-hydrogen) atoms. The van der Waals surface area contributed by atoms with Gasteiger partial charge in [-0.15, -0.1) is 0 Å². The topological polar surface area (TPSA) is 84.8 Å². The van der Waals surface area contributed by atoms with Crippen LogP contribution >= 0.6 is 0 Å². The highest BCUT2D eigenvalue weighted by Gasteiger charge is 2.39. The number of hydrogen-bond acceptors (Lipinski definition) is 6. The third kappa shape index (κ3) is 4.02. The van der Waals surface area contributed by atoms with Gasteiger partial charge in [-0.2, -0.15) is 0 Å². The standard InChI is InChI=1S/C23H28N2O4/c1-12(2)18-19(13(3)4)25-20-17(24-18)11-10-16(22(20)27)21(26)14-6-8-15(9-7-14)23(28)29-5/h6-9,12-13,16,18,24H,10-11H2,1-5H3. The van der Waals surface area contributed by atoms with Crippen molar-refractivity contribution in [1.82, 2.24) is 5.32 Å². The van der Waals surface area contributed by atoms with Gasteiger partial charge in [0.15, 0.2) is 11.6 Å². The van der Waals surface area contributed by atoms with E-state index in [1.54, 1.807) is 24.3 Å². The number of nitrogens with zero attached hydrogens (tertiary/aromatic N) is 1. The van der Waals surface area contributed by atoms with E-state index in [9.17, 15) is 14.4 Å². The molecule has 0 saturated carbocycles. The van der Waals surface area contributed by atoms with Crippen LogP contribution in [0.1, 0.15) is 61.3 Å². The van der Waals surface area contributed by atoms with Crippen LogP contribution in [0.5, 0.6) is 0 Å². The maximum atomic E-state index is 13.1. The lowest BCUT2D eigenvalue weighted by atomic mass is 9.81. The van der Waals surface area contributed by atoms with Crippen LogP contribution in [0.25, 0.3) is 0 Å². The average molecular weight is 396 g/mol. The molecule has 1 aliphatic carbocycles. The number of allylic oxidation sites excluding steroid dienone is 2. The van der Waals surface area contributed by atoms with Crippen molar-refractivity contribution in [3.8, 4) is 0 Å². The Hall–Kier alpha value is -2.76. The van der Waals surface area contributed by atoms with Crippen LogP contribution in [0.15, 0.2) is 40.7 Å². The third-order valence-electron chi connectivity index (χ3n) is 5.57. The minimum Gasteiger partial charge on any atom is -0.465 e. The summed E-state index contributed by atoms with van der Waals surface area (Å²) in [5.74, 6) is -1.10. The Morgan fingerprint density at radius 1 is 1.10 bits per heavy atom. The summed E-state index contributed by atoms with van der Waals surface area (Å²) in [6.45, 7) is 8.41. The Kier molecular flexibility index (Phi) is 6.01. The fourth-order valence-corrected chi connectivity index (χ4v) is 3.91. The van der Waals surface area contributed by atoms with Gasteiger partial charge in [-0.25, -0.2) is 9.79 Å². The monoisotopic (exact) mass is 396 g/mol. The second-order valence-corrected chi connectivity index (χ2v) is 8.27. The molecule has 3 rings (SSSR count). The van der Waals surface area contributed by atoms with Crippen LogP contribution < -0.4 is 5.32 Å². The second kappa shape index (κ2) is 8.31. The molecule has 0 bridgehead atoms. The number of carbonyl (C=O) groups excluding carboxylic acids is 3. The molecule has 0 aromatic heterocycles. The van der Waals surface area contributed by atoms with E-state index in [0.29, 0.717) is 35.6 Å². The fraction of sp³-hybridized carbons (Fsp3) is 0.478. The number of ether oxygens (including phenoxy) is 1. The number of esters is 1. The maximum Gasteiger partial charge on any atom is 0.337 e. The van der Waals surface area contributed by atoms with Gasteiger partial charge < -0.3 is 10.1 Å². The highest BCUT2D eigenvalue weighted by Crippen LogP contribution is 2.33. The van der Waals surface area contributed by atoms with Gasteiger partial charge in [0.1, 0.15) is 5.70 Å². The van der Waals surface area contributed by atoms with Crippen molar-refractivity contribution >= 4 is 23.2 Å². The van der Waals surface area contributed by atoms with Gasteiger partial charge in [0.2, 0.25) is 0 Å². The first kappa shape index (κ1) is 21.0. The maximum absolute atomic E-state index is 13.1. The summed E-state index contributed by atoms with van der Waals surface area (Å²) in [6.07, 6.45) is 1.08. The Morgan fingerprint density at radius 2 is 1.72 bits per heavy atom. The number of aliphatic imine (C=N–C) groups is 1. The van der Waals surface area contributed by atoms with Crippen LogP contribution in [0.4, 0.5) is 0 Å². The van der Waals surface area contributed by atoms with Gasteiger partial charge in [-0.3, -0.25) is 9.59 Å². The summed E-state index contributed by atoms with van der Waals surface area (Å²) in [5.41, 5.74) is 3.00. The van der Waals surface area contributed by atoms with Crippen molar-refractivity contribution < 1.29 is 19.1 Å².